The number of hydrogen-bond donors (Lipinski definition) is 0. The van der Waals surface area contributed by atoms with Crippen molar-refractivity contribution in [2.75, 3.05) is 41.4 Å². The van der Waals surface area contributed by atoms with Crippen molar-refractivity contribution in [2.24, 2.45) is 5.92 Å². The van der Waals surface area contributed by atoms with Crippen molar-refractivity contribution in [3.63, 3.8) is 0 Å². The van der Waals surface area contributed by atoms with Gasteiger partial charge >= 0.3 is 6.18 Å². The van der Waals surface area contributed by atoms with Crippen molar-refractivity contribution in [3.8, 4) is 0 Å². The maximum atomic E-state index is 15.0. The number of amides is 3. The topological polar surface area (TPSA) is 94.9 Å². The number of pyridine rings is 1. The highest BCUT2D eigenvalue weighted by molar-refractivity contribution is 6.10. The van der Waals surface area contributed by atoms with Crippen molar-refractivity contribution in [1.82, 2.24) is 19.7 Å². The molecule has 0 spiro atoms. The summed E-state index contributed by atoms with van der Waals surface area (Å²) >= 11 is 0. The number of rotatable bonds is 5. The van der Waals surface area contributed by atoms with E-state index in [1.165, 1.54) is 21.4 Å². The number of fused-ring (bicyclic) bond motifs is 2. The van der Waals surface area contributed by atoms with Gasteiger partial charge in [-0.05, 0) is 43.7 Å². The summed E-state index contributed by atoms with van der Waals surface area (Å²) in [6.07, 6.45) is -1.55. The second kappa shape index (κ2) is 11.6. The Morgan fingerprint density at radius 2 is 1.89 bits per heavy atom. The van der Waals surface area contributed by atoms with Gasteiger partial charge in [0.2, 0.25) is 17.7 Å². The molecule has 3 amide bonds. The van der Waals surface area contributed by atoms with Crippen molar-refractivity contribution < 1.29 is 31.9 Å². The molecular weight excluding hydrogens is 606 g/mol. The molecule has 3 aromatic rings. The Hall–Kier alpha value is -4.75. The molecule has 46 heavy (non-hydrogen) atoms. The van der Waals surface area contributed by atoms with E-state index in [4.69, 9.17) is 0 Å². The van der Waals surface area contributed by atoms with E-state index in [9.17, 15) is 31.9 Å². The molecule has 3 aliphatic heterocycles. The van der Waals surface area contributed by atoms with Crippen LogP contribution in [0.5, 0.6) is 0 Å². The molecule has 3 aliphatic rings. The Kier molecular flexibility index (Phi) is 7.85. The van der Waals surface area contributed by atoms with Crippen LogP contribution in [-0.2, 0) is 27.1 Å². The van der Waals surface area contributed by atoms with Gasteiger partial charge < -0.3 is 14.7 Å². The summed E-state index contributed by atoms with van der Waals surface area (Å²) in [6, 6.07) is 5.45. The minimum absolute atomic E-state index is 0.0579. The van der Waals surface area contributed by atoms with E-state index >= 15 is 0 Å². The van der Waals surface area contributed by atoms with E-state index in [0.29, 0.717) is 5.69 Å². The van der Waals surface area contributed by atoms with Crippen LogP contribution in [0.2, 0.25) is 0 Å². The van der Waals surface area contributed by atoms with Crippen LogP contribution in [0.1, 0.15) is 34.8 Å². The zero-order chi connectivity index (χ0) is 33.1. The lowest BCUT2D eigenvalue weighted by Gasteiger charge is -2.39. The molecule has 0 N–H and O–H groups in total. The molecular formula is C32H33F4N7O3. The highest BCUT2D eigenvalue weighted by Crippen LogP contribution is 2.42. The van der Waals surface area contributed by atoms with Crippen molar-refractivity contribution in [2.45, 2.75) is 51.2 Å². The fourth-order valence-electron chi connectivity index (χ4n) is 6.81. The van der Waals surface area contributed by atoms with Crippen LogP contribution >= 0.6 is 0 Å². The van der Waals surface area contributed by atoms with Crippen LogP contribution in [0.3, 0.4) is 0 Å². The number of aromatic nitrogens is 3. The molecule has 0 radical (unpaired) electrons. The number of aryl methyl sites for hydroxylation is 2. The number of halogens is 4. The lowest BCUT2D eigenvalue weighted by molar-refractivity contribution is -0.137. The number of carbonyl (C=O) groups excluding carboxylic acids is 3. The molecule has 2 saturated heterocycles. The predicted octanol–water partition coefficient (Wildman–Crippen LogP) is 4.23. The Labute approximate surface area is 262 Å². The molecule has 0 saturated carbocycles. The third kappa shape index (κ3) is 5.49. The summed E-state index contributed by atoms with van der Waals surface area (Å²) in [5.41, 5.74) is 2.06. The normalized spacial score (nSPS) is 23.4. The Morgan fingerprint density at radius 1 is 1.13 bits per heavy atom. The number of likely N-dealkylation sites (tertiary alicyclic amines) is 1. The second-order valence-electron chi connectivity index (χ2n) is 12.1. The molecule has 6 rings (SSSR count). The summed E-state index contributed by atoms with van der Waals surface area (Å²) in [5.74, 6) is -2.07. The highest BCUT2D eigenvalue weighted by Gasteiger charge is 2.49. The lowest BCUT2D eigenvalue weighted by Crippen LogP contribution is -2.52. The first-order valence-electron chi connectivity index (χ1n) is 14.8. The highest BCUT2D eigenvalue weighted by atomic mass is 19.4. The van der Waals surface area contributed by atoms with Gasteiger partial charge in [-0.15, -0.1) is 0 Å². The Balaban J connectivity index is 1.35. The third-order valence-electron chi connectivity index (χ3n) is 8.95. The Morgan fingerprint density at radius 3 is 2.61 bits per heavy atom. The number of hydrogen-bond acceptors (Lipinski definition) is 6. The van der Waals surface area contributed by atoms with E-state index in [0.717, 1.165) is 39.9 Å². The van der Waals surface area contributed by atoms with Gasteiger partial charge in [0.25, 0.3) is 0 Å². The predicted molar refractivity (Wildman–Crippen MR) is 162 cm³/mol. The maximum absolute atomic E-state index is 15.0. The molecule has 1 aromatic carbocycles. The van der Waals surface area contributed by atoms with E-state index in [1.54, 1.807) is 31.6 Å². The van der Waals surface area contributed by atoms with Gasteiger partial charge in [-0.3, -0.25) is 24.0 Å². The molecule has 2 aromatic heterocycles. The molecule has 5 heterocycles. The number of alkyl halides is 4. The summed E-state index contributed by atoms with van der Waals surface area (Å²) in [5, 5.41) is 4.41. The number of anilines is 3. The monoisotopic (exact) mass is 639 g/mol. The van der Waals surface area contributed by atoms with Crippen LogP contribution < -0.4 is 14.7 Å². The molecule has 2 fully saturated rings. The molecule has 4 atom stereocenters. The lowest BCUT2D eigenvalue weighted by atomic mass is 9.94. The number of carbonyl (C=O) groups is 3. The average Bonchev–Trinajstić information content (AvgIpc) is 3.70. The fraction of sp³-hybridized carbons (Fsp3) is 0.406. The fourth-order valence-corrected chi connectivity index (χ4v) is 6.81. The minimum Gasteiger partial charge on any atom is -0.365 e. The summed E-state index contributed by atoms with van der Waals surface area (Å²) in [7, 11) is 1.59. The average molecular weight is 640 g/mol. The molecule has 0 aliphatic carbocycles. The van der Waals surface area contributed by atoms with E-state index in [-0.39, 0.29) is 50.0 Å². The first-order valence-corrected chi connectivity index (χ1v) is 14.8. The first kappa shape index (κ1) is 31.2. The summed E-state index contributed by atoms with van der Waals surface area (Å²) in [6.45, 7) is 7.40. The standard InChI is InChI=1S/C32H33F4N7O3/c1-5-27(44)40-16-23(33)25(17-40)42-14-20(12-37-42)13-41-15-21-10-28(45)43(26-11-22(32(34,35)36)9-19(3)38-26)30(21)31(46)39(4)24-8-6-7-18(2)29(24)41/h5-9,11-12,14,21,23,25,30H,1,10,13,15-17H2,2-4H3/t21-,23+,25-,30+/m1/s1. The van der Waals surface area contributed by atoms with Crippen molar-refractivity contribution in [1.29, 1.82) is 0 Å². The minimum atomic E-state index is -4.66. The summed E-state index contributed by atoms with van der Waals surface area (Å²) in [4.78, 5) is 49.9. The van der Waals surface area contributed by atoms with Crippen LogP contribution in [0.15, 0.2) is 55.4 Å². The number of likely N-dealkylation sites (N-methyl/N-ethyl adjacent to an activating group) is 1. The van der Waals surface area contributed by atoms with Crippen LogP contribution in [0.25, 0.3) is 0 Å². The van der Waals surface area contributed by atoms with Gasteiger partial charge in [-0.2, -0.15) is 18.3 Å². The molecule has 14 heteroatoms. The van der Waals surface area contributed by atoms with Gasteiger partial charge in [-0.25, -0.2) is 9.37 Å². The van der Waals surface area contributed by atoms with Gasteiger partial charge in [0.05, 0.1) is 29.7 Å². The zero-order valence-electron chi connectivity index (χ0n) is 25.5. The third-order valence-corrected chi connectivity index (χ3v) is 8.95. The van der Waals surface area contributed by atoms with Crippen molar-refractivity contribution in [3.05, 3.63) is 77.8 Å². The smallest absolute Gasteiger partial charge is 0.365 e. The SMILES string of the molecule is C=CC(=O)N1C[C@@H](n2cc(CN3C[C@H]4CC(=O)N(c5cc(C(F)(F)F)cc(C)n5)[C@@H]4C(=O)N(C)c4cccc(C)c43)cn2)[C@@H](F)C1. The van der Waals surface area contributed by atoms with E-state index < -0.39 is 47.7 Å². The molecule has 242 valence electrons. The maximum Gasteiger partial charge on any atom is 0.416 e. The van der Waals surface area contributed by atoms with E-state index in [1.807, 2.05) is 17.9 Å². The van der Waals surface area contributed by atoms with Gasteiger partial charge in [-0.1, -0.05) is 18.7 Å². The molecule has 0 bridgehead atoms. The van der Waals surface area contributed by atoms with Gasteiger partial charge in [0.1, 0.15) is 24.1 Å². The van der Waals surface area contributed by atoms with Crippen LogP contribution in [0.4, 0.5) is 34.8 Å². The summed E-state index contributed by atoms with van der Waals surface area (Å²) < 4.78 is 57.6. The largest absolute Gasteiger partial charge is 0.416 e. The quantitative estimate of drug-likeness (QED) is 0.307. The van der Waals surface area contributed by atoms with Crippen LogP contribution in [0, 0.1) is 19.8 Å². The Bertz CT molecular complexity index is 1720. The second-order valence-corrected chi connectivity index (χ2v) is 12.1. The number of nitrogens with zero attached hydrogens (tertiary/aromatic N) is 7. The number of para-hydroxylation sites is 1. The van der Waals surface area contributed by atoms with E-state index in [2.05, 4.69) is 16.7 Å². The van der Waals surface area contributed by atoms with Crippen LogP contribution in [-0.4, -0.2) is 76.3 Å². The van der Waals surface area contributed by atoms with Gasteiger partial charge in [0.15, 0.2) is 0 Å². The number of benzene rings is 1. The van der Waals surface area contributed by atoms with Crippen molar-refractivity contribution >= 4 is 34.9 Å². The van der Waals surface area contributed by atoms with Gasteiger partial charge in [0, 0.05) is 56.5 Å². The molecule has 0 unspecified atom stereocenters. The molecule has 10 nitrogen and oxygen atoms in total. The first-order chi connectivity index (χ1) is 21.8. The zero-order valence-corrected chi connectivity index (χ0v) is 25.5.